The van der Waals surface area contributed by atoms with Crippen LogP contribution in [-0.4, -0.2) is 48.6 Å². The Bertz CT molecular complexity index is 325. The van der Waals surface area contributed by atoms with Crippen molar-refractivity contribution in [1.82, 2.24) is 9.80 Å². The molecule has 1 aliphatic heterocycles. The molecule has 1 saturated carbocycles. The van der Waals surface area contributed by atoms with Crippen molar-refractivity contribution in [2.24, 2.45) is 11.8 Å². The molecule has 2 unspecified atom stereocenters. The summed E-state index contributed by atoms with van der Waals surface area (Å²) in [6, 6.07) is 2.71. The zero-order valence-electron chi connectivity index (χ0n) is 12.9. The molecule has 0 N–H and O–H groups in total. The summed E-state index contributed by atoms with van der Waals surface area (Å²) < 4.78 is 0. The summed E-state index contributed by atoms with van der Waals surface area (Å²) in [6.45, 7) is 9.01. The quantitative estimate of drug-likeness (QED) is 0.718. The number of rotatable bonds is 2. The van der Waals surface area contributed by atoms with Crippen LogP contribution in [0.15, 0.2) is 0 Å². The van der Waals surface area contributed by atoms with Gasteiger partial charge in [0.25, 0.3) is 0 Å². The van der Waals surface area contributed by atoms with Crippen molar-refractivity contribution in [3.05, 3.63) is 0 Å². The van der Waals surface area contributed by atoms with Crippen molar-refractivity contribution in [2.45, 2.75) is 51.5 Å². The number of hydrogen-bond acceptors (Lipinski definition) is 3. The van der Waals surface area contributed by atoms with Gasteiger partial charge in [-0.1, -0.05) is 26.7 Å². The third-order valence-corrected chi connectivity index (χ3v) is 5.35. The first kappa shape index (κ1) is 14.8. The maximum atomic E-state index is 9.80. The van der Waals surface area contributed by atoms with E-state index in [-0.39, 0.29) is 5.54 Å². The average molecular weight is 263 g/mol. The fraction of sp³-hybridized carbons (Fsp3) is 0.938. The van der Waals surface area contributed by atoms with E-state index in [1.807, 2.05) is 0 Å². The number of hydrogen-bond donors (Lipinski definition) is 0. The second kappa shape index (κ2) is 6.24. The first-order chi connectivity index (χ1) is 9.07. The lowest BCUT2D eigenvalue weighted by Crippen LogP contribution is -2.55. The monoisotopic (exact) mass is 263 g/mol. The molecule has 0 radical (unpaired) electrons. The van der Waals surface area contributed by atoms with Crippen LogP contribution in [0.5, 0.6) is 0 Å². The van der Waals surface area contributed by atoms with E-state index < -0.39 is 0 Å². The topological polar surface area (TPSA) is 30.3 Å². The Morgan fingerprint density at radius 1 is 1.11 bits per heavy atom. The molecular formula is C16H29N3. The summed E-state index contributed by atoms with van der Waals surface area (Å²) in [7, 11) is 2.18. The van der Waals surface area contributed by atoms with Crippen LogP contribution in [0.3, 0.4) is 0 Å². The molecule has 19 heavy (non-hydrogen) atoms. The van der Waals surface area contributed by atoms with Gasteiger partial charge in [0.1, 0.15) is 5.54 Å². The van der Waals surface area contributed by atoms with Crippen LogP contribution in [0.25, 0.3) is 0 Å². The van der Waals surface area contributed by atoms with Gasteiger partial charge in [0.05, 0.1) is 6.07 Å². The SMILES string of the molecule is CC(C)C1CCCC(C#N)(N2CCN(C)CC2)CC1. The van der Waals surface area contributed by atoms with Crippen molar-refractivity contribution in [3.63, 3.8) is 0 Å². The van der Waals surface area contributed by atoms with E-state index in [1.54, 1.807) is 0 Å². The molecule has 0 spiro atoms. The molecule has 0 aromatic heterocycles. The molecule has 0 amide bonds. The molecule has 1 aliphatic carbocycles. The Morgan fingerprint density at radius 2 is 1.79 bits per heavy atom. The number of piperazine rings is 1. The largest absolute Gasteiger partial charge is 0.304 e. The Labute approximate surface area is 118 Å². The lowest BCUT2D eigenvalue weighted by molar-refractivity contribution is 0.0627. The standard InChI is InChI=1S/C16H29N3/c1-14(2)15-5-4-7-16(13-17,8-6-15)19-11-9-18(3)10-12-19/h14-15H,4-12H2,1-3H3. The summed E-state index contributed by atoms with van der Waals surface area (Å²) in [5.41, 5.74) is -0.162. The van der Waals surface area contributed by atoms with Gasteiger partial charge in [0.15, 0.2) is 0 Å². The van der Waals surface area contributed by atoms with E-state index in [4.69, 9.17) is 0 Å². The molecule has 3 nitrogen and oxygen atoms in total. The predicted molar refractivity (Wildman–Crippen MR) is 78.8 cm³/mol. The molecule has 2 atom stereocenters. The molecule has 3 heteroatoms. The van der Waals surface area contributed by atoms with Crippen LogP contribution in [0.4, 0.5) is 0 Å². The molecule has 1 saturated heterocycles. The molecule has 1 heterocycles. The van der Waals surface area contributed by atoms with Gasteiger partial charge in [-0.05, 0) is 38.1 Å². The molecule has 0 aromatic carbocycles. The maximum Gasteiger partial charge on any atom is 0.109 e. The highest BCUT2D eigenvalue weighted by molar-refractivity contribution is 5.10. The molecule has 0 bridgehead atoms. The number of nitrogens with zero attached hydrogens (tertiary/aromatic N) is 3. The van der Waals surface area contributed by atoms with E-state index in [0.29, 0.717) is 0 Å². The van der Waals surface area contributed by atoms with Crippen LogP contribution in [-0.2, 0) is 0 Å². The Balaban J connectivity index is 2.04. The lowest BCUT2D eigenvalue weighted by Gasteiger charge is -2.43. The van der Waals surface area contributed by atoms with Crippen molar-refractivity contribution in [2.75, 3.05) is 33.2 Å². The van der Waals surface area contributed by atoms with Crippen LogP contribution in [0.1, 0.15) is 46.0 Å². The highest BCUT2D eigenvalue weighted by Gasteiger charge is 2.40. The highest BCUT2D eigenvalue weighted by atomic mass is 15.3. The van der Waals surface area contributed by atoms with E-state index in [9.17, 15) is 5.26 Å². The second-order valence-electron chi connectivity index (χ2n) is 6.87. The van der Waals surface area contributed by atoms with E-state index in [2.05, 4.69) is 36.8 Å². The smallest absolute Gasteiger partial charge is 0.109 e. The Kier molecular flexibility index (Phi) is 4.86. The summed E-state index contributed by atoms with van der Waals surface area (Å²) in [5, 5.41) is 9.80. The second-order valence-corrected chi connectivity index (χ2v) is 6.87. The van der Waals surface area contributed by atoms with Gasteiger partial charge < -0.3 is 4.90 Å². The highest BCUT2D eigenvalue weighted by Crippen LogP contribution is 2.37. The fourth-order valence-corrected chi connectivity index (χ4v) is 3.75. The van der Waals surface area contributed by atoms with Gasteiger partial charge in [-0.2, -0.15) is 5.26 Å². The van der Waals surface area contributed by atoms with Gasteiger partial charge in [0, 0.05) is 26.2 Å². The molecule has 2 fully saturated rings. The third-order valence-electron chi connectivity index (χ3n) is 5.35. The zero-order chi connectivity index (χ0) is 13.9. The first-order valence-corrected chi connectivity index (χ1v) is 7.92. The molecular weight excluding hydrogens is 234 g/mol. The van der Waals surface area contributed by atoms with Gasteiger partial charge in [-0.25, -0.2) is 0 Å². The van der Waals surface area contributed by atoms with Gasteiger partial charge in [0.2, 0.25) is 0 Å². The van der Waals surface area contributed by atoms with Crippen LogP contribution in [0, 0.1) is 23.2 Å². The first-order valence-electron chi connectivity index (χ1n) is 7.92. The van der Waals surface area contributed by atoms with Gasteiger partial charge in [-0.3, -0.25) is 4.90 Å². The number of likely N-dealkylation sites (N-methyl/N-ethyl adjacent to an activating group) is 1. The van der Waals surface area contributed by atoms with E-state index in [0.717, 1.165) is 50.9 Å². The van der Waals surface area contributed by atoms with Crippen molar-refractivity contribution in [3.8, 4) is 6.07 Å². The minimum absolute atomic E-state index is 0.162. The van der Waals surface area contributed by atoms with Crippen molar-refractivity contribution >= 4 is 0 Å². The lowest BCUT2D eigenvalue weighted by atomic mass is 9.86. The summed E-state index contributed by atoms with van der Waals surface area (Å²) in [6.07, 6.45) is 5.93. The third kappa shape index (κ3) is 3.30. The summed E-state index contributed by atoms with van der Waals surface area (Å²) in [5.74, 6) is 1.59. The van der Waals surface area contributed by atoms with Gasteiger partial charge in [-0.15, -0.1) is 0 Å². The average Bonchev–Trinajstić information content (AvgIpc) is 2.63. The normalized spacial score (nSPS) is 35.0. The van der Waals surface area contributed by atoms with E-state index in [1.165, 1.54) is 19.3 Å². The van der Waals surface area contributed by atoms with Crippen molar-refractivity contribution < 1.29 is 0 Å². The van der Waals surface area contributed by atoms with Crippen LogP contribution >= 0.6 is 0 Å². The minimum atomic E-state index is -0.162. The van der Waals surface area contributed by atoms with Crippen LogP contribution < -0.4 is 0 Å². The fourth-order valence-electron chi connectivity index (χ4n) is 3.75. The Morgan fingerprint density at radius 3 is 2.37 bits per heavy atom. The summed E-state index contributed by atoms with van der Waals surface area (Å²) in [4.78, 5) is 4.85. The van der Waals surface area contributed by atoms with Crippen LogP contribution in [0.2, 0.25) is 0 Å². The molecule has 2 rings (SSSR count). The molecule has 2 aliphatic rings. The maximum absolute atomic E-state index is 9.80. The number of nitriles is 1. The predicted octanol–water partition coefficient (Wildman–Crippen LogP) is 2.73. The van der Waals surface area contributed by atoms with E-state index >= 15 is 0 Å². The Hall–Kier alpha value is -0.590. The van der Waals surface area contributed by atoms with Crippen molar-refractivity contribution in [1.29, 1.82) is 5.26 Å². The van der Waals surface area contributed by atoms with Gasteiger partial charge >= 0.3 is 0 Å². The molecule has 0 aromatic rings. The zero-order valence-corrected chi connectivity index (χ0v) is 12.9. The minimum Gasteiger partial charge on any atom is -0.304 e. The molecule has 108 valence electrons. The summed E-state index contributed by atoms with van der Waals surface area (Å²) >= 11 is 0.